The van der Waals surface area contributed by atoms with Gasteiger partial charge < -0.3 is 0 Å². The molecule has 1 fully saturated rings. The molecule has 1 aliphatic rings. The lowest BCUT2D eigenvalue weighted by Gasteiger charge is -2.29. The summed E-state index contributed by atoms with van der Waals surface area (Å²) in [6, 6.07) is 0. The summed E-state index contributed by atoms with van der Waals surface area (Å²) in [5.74, 6) is 0.398. The van der Waals surface area contributed by atoms with E-state index in [0.29, 0.717) is 12.2 Å². The number of allylic oxidation sites excluding steroid dienone is 2. The number of Topliss-reactive ketones (excluding diaryl/α,β-unsaturated/α-hetero) is 1. The third kappa shape index (κ3) is 2.18. The van der Waals surface area contributed by atoms with Gasteiger partial charge >= 0.3 is 0 Å². The van der Waals surface area contributed by atoms with Crippen molar-refractivity contribution in [3.63, 3.8) is 0 Å². The molecule has 0 aromatic rings. The van der Waals surface area contributed by atoms with Crippen LogP contribution in [0.15, 0.2) is 11.6 Å². The number of rotatable bonds is 0. The molecule has 0 amide bonds. The van der Waals surface area contributed by atoms with E-state index < -0.39 is 0 Å². The third-order valence-electron chi connectivity index (χ3n) is 2.21. The van der Waals surface area contributed by atoms with Crippen LogP contribution in [-0.4, -0.2) is 5.78 Å². The second-order valence-corrected chi connectivity index (χ2v) is 4.18. The molecule has 11 heavy (non-hydrogen) atoms. The van der Waals surface area contributed by atoms with Crippen LogP contribution in [0.3, 0.4) is 0 Å². The van der Waals surface area contributed by atoms with Crippen molar-refractivity contribution in [1.29, 1.82) is 0 Å². The van der Waals surface area contributed by atoms with Crippen molar-refractivity contribution < 1.29 is 4.79 Å². The van der Waals surface area contributed by atoms with E-state index in [1.807, 2.05) is 6.92 Å². The second kappa shape index (κ2) is 2.80. The number of carbonyl (C=O) groups excluding carboxylic acids is 1. The summed E-state index contributed by atoms with van der Waals surface area (Å²) in [6.45, 7) is 6.34. The summed E-state index contributed by atoms with van der Waals surface area (Å²) < 4.78 is 0. The first-order valence-corrected chi connectivity index (χ1v) is 4.19. The van der Waals surface area contributed by atoms with Gasteiger partial charge in [-0.05, 0) is 18.8 Å². The van der Waals surface area contributed by atoms with Crippen LogP contribution in [0, 0.1) is 5.41 Å². The first-order valence-electron chi connectivity index (χ1n) is 4.19. The standard InChI is InChI=1S/C10H16O/c1-4-8-5-9(11)7-10(2,3)6-8/h4H,5-7H2,1-3H3/b8-4-. The average molecular weight is 152 g/mol. The zero-order chi connectivity index (χ0) is 8.48. The summed E-state index contributed by atoms with van der Waals surface area (Å²) >= 11 is 0. The fourth-order valence-corrected chi connectivity index (χ4v) is 1.79. The molecule has 1 nitrogen and oxygen atoms in total. The Morgan fingerprint density at radius 3 is 2.45 bits per heavy atom. The van der Waals surface area contributed by atoms with Crippen molar-refractivity contribution in [2.45, 2.75) is 40.0 Å². The van der Waals surface area contributed by atoms with Crippen molar-refractivity contribution in [3.05, 3.63) is 11.6 Å². The van der Waals surface area contributed by atoms with Crippen LogP contribution in [0.1, 0.15) is 40.0 Å². The maximum Gasteiger partial charge on any atom is 0.137 e. The van der Waals surface area contributed by atoms with E-state index >= 15 is 0 Å². The molecule has 0 spiro atoms. The zero-order valence-electron chi connectivity index (χ0n) is 7.61. The molecular weight excluding hydrogens is 136 g/mol. The topological polar surface area (TPSA) is 17.1 Å². The number of ketones is 1. The summed E-state index contributed by atoms with van der Waals surface area (Å²) in [7, 11) is 0. The van der Waals surface area contributed by atoms with E-state index in [0.717, 1.165) is 12.8 Å². The van der Waals surface area contributed by atoms with Gasteiger partial charge in [0.1, 0.15) is 5.78 Å². The molecule has 0 atom stereocenters. The van der Waals surface area contributed by atoms with E-state index in [9.17, 15) is 4.79 Å². The van der Waals surface area contributed by atoms with Crippen molar-refractivity contribution in [2.75, 3.05) is 0 Å². The van der Waals surface area contributed by atoms with Gasteiger partial charge in [0, 0.05) is 12.8 Å². The summed E-state index contributed by atoms with van der Waals surface area (Å²) in [5.41, 5.74) is 1.52. The molecule has 62 valence electrons. The maximum absolute atomic E-state index is 11.2. The van der Waals surface area contributed by atoms with Crippen LogP contribution in [0.25, 0.3) is 0 Å². The molecule has 1 saturated carbocycles. The van der Waals surface area contributed by atoms with Gasteiger partial charge in [0.25, 0.3) is 0 Å². The van der Waals surface area contributed by atoms with Crippen LogP contribution >= 0.6 is 0 Å². The van der Waals surface area contributed by atoms with Gasteiger partial charge in [-0.1, -0.05) is 25.5 Å². The molecule has 0 radical (unpaired) electrons. The molecule has 1 aliphatic carbocycles. The maximum atomic E-state index is 11.2. The summed E-state index contributed by atoms with van der Waals surface area (Å²) in [6.07, 6.45) is 4.62. The number of carbonyl (C=O) groups is 1. The molecular formula is C10H16O. The normalized spacial score (nSPS) is 27.5. The summed E-state index contributed by atoms with van der Waals surface area (Å²) in [4.78, 5) is 11.2. The quantitative estimate of drug-likeness (QED) is 0.488. The Morgan fingerprint density at radius 2 is 2.00 bits per heavy atom. The lowest BCUT2D eigenvalue weighted by molar-refractivity contribution is -0.121. The van der Waals surface area contributed by atoms with Crippen LogP contribution in [0.4, 0.5) is 0 Å². The molecule has 1 heteroatoms. The summed E-state index contributed by atoms with van der Waals surface area (Å²) in [5, 5.41) is 0. The third-order valence-corrected chi connectivity index (χ3v) is 2.21. The van der Waals surface area contributed by atoms with Crippen molar-refractivity contribution in [1.82, 2.24) is 0 Å². The molecule has 1 rings (SSSR count). The molecule has 0 aromatic heterocycles. The molecule has 0 aromatic carbocycles. The van der Waals surface area contributed by atoms with Gasteiger partial charge in [0.05, 0.1) is 0 Å². The fourth-order valence-electron chi connectivity index (χ4n) is 1.79. The second-order valence-electron chi connectivity index (χ2n) is 4.18. The van der Waals surface area contributed by atoms with Crippen molar-refractivity contribution >= 4 is 5.78 Å². The highest BCUT2D eigenvalue weighted by molar-refractivity contribution is 5.82. The van der Waals surface area contributed by atoms with E-state index in [1.54, 1.807) is 0 Å². The minimum Gasteiger partial charge on any atom is -0.299 e. The fraction of sp³-hybridized carbons (Fsp3) is 0.700. The van der Waals surface area contributed by atoms with Gasteiger partial charge in [-0.3, -0.25) is 4.79 Å². The molecule has 0 bridgehead atoms. The highest BCUT2D eigenvalue weighted by Gasteiger charge is 2.28. The highest BCUT2D eigenvalue weighted by atomic mass is 16.1. The van der Waals surface area contributed by atoms with Crippen LogP contribution in [0.2, 0.25) is 0 Å². The number of hydrogen-bond acceptors (Lipinski definition) is 1. The largest absolute Gasteiger partial charge is 0.299 e. The van der Waals surface area contributed by atoms with Gasteiger partial charge in [0.15, 0.2) is 0 Å². The lowest BCUT2D eigenvalue weighted by Crippen LogP contribution is -2.23. The number of hydrogen-bond donors (Lipinski definition) is 0. The van der Waals surface area contributed by atoms with Crippen molar-refractivity contribution in [2.24, 2.45) is 5.41 Å². The van der Waals surface area contributed by atoms with E-state index in [-0.39, 0.29) is 5.41 Å². The first-order chi connectivity index (χ1) is 5.03. The zero-order valence-corrected chi connectivity index (χ0v) is 7.61. The van der Waals surface area contributed by atoms with Gasteiger partial charge in [-0.25, -0.2) is 0 Å². The Morgan fingerprint density at radius 1 is 1.36 bits per heavy atom. The highest BCUT2D eigenvalue weighted by Crippen LogP contribution is 2.35. The Hall–Kier alpha value is -0.590. The average Bonchev–Trinajstić information content (AvgIpc) is 1.83. The Labute approximate surface area is 68.5 Å². The SMILES string of the molecule is C/C=C1/CC(=O)CC(C)(C)C1. The Bertz CT molecular complexity index is 199. The molecule has 0 heterocycles. The lowest BCUT2D eigenvalue weighted by atomic mass is 9.74. The predicted octanol–water partition coefficient (Wildman–Crippen LogP) is 2.71. The van der Waals surface area contributed by atoms with Crippen molar-refractivity contribution in [3.8, 4) is 0 Å². The van der Waals surface area contributed by atoms with Gasteiger partial charge in [-0.2, -0.15) is 0 Å². The van der Waals surface area contributed by atoms with Gasteiger partial charge in [0.2, 0.25) is 0 Å². The minimum atomic E-state index is 0.206. The Kier molecular flexibility index (Phi) is 2.17. The molecule has 0 saturated heterocycles. The first kappa shape index (κ1) is 8.51. The monoisotopic (exact) mass is 152 g/mol. The predicted molar refractivity (Wildman–Crippen MR) is 46.4 cm³/mol. The minimum absolute atomic E-state index is 0.206. The smallest absolute Gasteiger partial charge is 0.137 e. The van der Waals surface area contributed by atoms with E-state index in [1.165, 1.54) is 5.57 Å². The Balaban J connectivity index is 2.74. The van der Waals surface area contributed by atoms with Crippen LogP contribution in [-0.2, 0) is 4.79 Å². The van der Waals surface area contributed by atoms with E-state index in [4.69, 9.17) is 0 Å². The van der Waals surface area contributed by atoms with Crippen LogP contribution < -0.4 is 0 Å². The van der Waals surface area contributed by atoms with E-state index in [2.05, 4.69) is 19.9 Å². The molecule has 0 aliphatic heterocycles. The van der Waals surface area contributed by atoms with Gasteiger partial charge in [-0.15, -0.1) is 0 Å². The van der Waals surface area contributed by atoms with Crippen LogP contribution in [0.5, 0.6) is 0 Å². The molecule has 0 unspecified atom stereocenters. The molecule has 0 N–H and O–H groups in total.